The molecule has 0 heterocycles. The van der Waals surface area contributed by atoms with Crippen LogP contribution in [0.4, 0.5) is 0 Å². The van der Waals surface area contributed by atoms with Crippen LogP contribution in [-0.4, -0.2) is 49.3 Å². The maximum absolute atomic E-state index is 2.28. The summed E-state index contributed by atoms with van der Waals surface area (Å²) in [5.41, 5.74) is 0. The van der Waals surface area contributed by atoms with Gasteiger partial charge in [-0.1, -0.05) is 208 Å². The van der Waals surface area contributed by atoms with E-state index in [9.17, 15) is 0 Å². The van der Waals surface area contributed by atoms with Crippen LogP contribution in [-0.2, 0) is 40.8 Å². The maximum atomic E-state index is 2.28. The quantitative estimate of drug-likeness (QED) is 0.124. The zero-order valence-electron chi connectivity index (χ0n) is 30.1. The molecule has 0 bridgehead atoms. The normalized spacial score (nSPS) is 10.0. The molecule has 0 amide bonds. The summed E-state index contributed by atoms with van der Waals surface area (Å²) in [4.78, 5) is 0. The van der Waals surface area contributed by atoms with Crippen LogP contribution in [0.15, 0.2) is 121 Å². The van der Waals surface area contributed by atoms with Gasteiger partial charge in [-0.25, -0.2) is 0 Å². The van der Waals surface area contributed by atoms with Gasteiger partial charge in [0.25, 0.3) is 0 Å². The molecule has 46 heavy (non-hydrogen) atoms. The van der Waals surface area contributed by atoms with Crippen LogP contribution in [0.1, 0.15) is 55.4 Å². The monoisotopic (exact) mass is 1050 g/mol. The van der Waals surface area contributed by atoms with Crippen molar-refractivity contribution in [2.24, 2.45) is 0 Å². The van der Waals surface area contributed by atoms with Gasteiger partial charge >= 0.3 is 40.8 Å². The van der Waals surface area contributed by atoms with Gasteiger partial charge < -0.3 is 0 Å². The van der Waals surface area contributed by atoms with Crippen molar-refractivity contribution in [1.29, 1.82) is 0 Å². The number of hydrogen-bond donors (Lipinski definition) is 0. The Morgan fingerprint density at radius 3 is 0.500 bits per heavy atom. The van der Waals surface area contributed by atoms with Crippen molar-refractivity contribution in [3.8, 4) is 0 Å². The molecule has 4 aromatic carbocycles. The second kappa shape index (κ2) is 32.1. The third-order valence-corrected chi connectivity index (χ3v) is 17.8. The van der Waals surface area contributed by atoms with Crippen LogP contribution < -0.4 is 21.2 Å². The second-order valence-electron chi connectivity index (χ2n) is 10.0. The Hall–Kier alpha value is -0.0753. The molecular weight excluding hydrogens is 977 g/mol. The summed E-state index contributed by atoms with van der Waals surface area (Å²) < 4.78 is 0. The summed E-state index contributed by atoms with van der Waals surface area (Å²) in [5.74, 6) is 0. The molecule has 0 nitrogen and oxygen atoms in total. The van der Waals surface area contributed by atoms with Crippen LogP contribution in [0.2, 0.25) is 0 Å². The molecule has 4 rings (SSSR count). The van der Waals surface area contributed by atoms with Crippen LogP contribution in [0.25, 0.3) is 0 Å². The molecule has 0 spiro atoms. The van der Waals surface area contributed by atoms with Gasteiger partial charge in [0.15, 0.2) is 0 Å². The molecule has 0 aliphatic rings. The Morgan fingerprint density at radius 2 is 0.391 bits per heavy atom. The van der Waals surface area contributed by atoms with Gasteiger partial charge in [0, 0.05) is 0 Å². The van der Waals surface area contributed by atoms with Gasteiger partial charge in [-0.05, 0) is 70.5 Å². The SMILES string of the molecule is CCP(CC)c1ccccc1.CCP(CC)c1ccccc1.CCP(CC)c1ccccc1.CCP(CC)c1ccccc1.[ReH4].[ReH4]. The van der Waals surface area contributed by atoms with Crippen LogP contribution in [0.5, 0.6) is 0 Å². The zero-order valence-corrected chi connectivity index (χ0v) is 42.0. The Bertz CT molecular complexity index is 959. The third kappa shape index (κ3) is 19.8. The van der Waals surface area contributed by atoms with Gasteiger partial charge in [0.1, 0.15) is 0 Å². The van der Waals surface area contributed by atoms with Crippen LogP contribution >= 0.6 is 31.7 Å². The van der Waals surface area contributed by atoms with Crippen molar-refractivity contribution < 1.29 is 40.8 Å². The third-order valence-electron chi connectivity index (χ3n) is 7.54. The molecular formula is C40H68P4Re2. The van der Waals surface area contributed by atoms with E-state index < -0.39 is 0 Å². The van der Waals surface area contributed by atoms with Crippen molar-refractivity contribution in [1.82, 2.24) is 0 Å². The van der Waals surface area contributed by atoms with Gasteiger partial charge in [-0.3, -0.25) is 0 Å². The van der Waals surface area contributed by atoms with Crippen molar-refractivity contribution in [3.05, 3.63) is 121 Å². The fourth-order valence-electron chi connectivity index (χ4n) is 4.91. The number of benzene rings is 4. The predicted molar refractivity (Wildman–Crippen MR) is 227 cm³/mol. The molecule has 0 unspecified atom stereocenters. The summed E-state index contributed by atoms with van der Waals surface area (Å²) in [6.07, 6.45) is 10.5. The fourth-order valence-corrected chi connectivity index (χ4v) is 12.0. The van der Waals surface area contributed by atoms with Crippen molar-refractivity contribution in [2.45, 2.75) is 55.4 Å². The summed E-state index contributed by atoms with van der Waals surface area (Å²) in [6.45, 7) is 18.2. The topological polar surface area (TPSA) is 0 Å². The summed E-state index contributed by atoms with van der Waals surface area (Å²) in [5, 5.41) is 6.19. The minimum absolute atomic E-state index is 0. The van der Waals surface area contributed by atoms with E-state index in [0.29, 0.717) is 0 Å². The van der Waals surface area contributed by atoms with E-state index in [4.69, 9.17) is 0 Å². The first kappa shape index (κ1) is 48.0. The van der Waals surface area contributed by atoms with Crippen molar-refractivity contribution >= 4 is 52.9 Å². The Balaban J connectivity index is 0. The zero-order chi connectivity index (χ0) is 32.4. The Kier molecular flexibility index (Phi) is 33.6. The van der Waals surface area contributed by atoms with Crippen molar-refractivity contribution in [3.63, 3.8) is 0 Å². The number of rotatable bonds is 12. The van der Waals surface area contributed by atoms with Crippen LogP contribution in [0, 0.1) is 0 Å². The average molecular weight is 1050 g/mol. The molecule has 2 radical (unpaired) electrons. The first-order valence-electron chi connectivity index (χ1n) is 16.7. The molecule has 6 heteroatoms. The molecule has 0 saturated carbocycles. The van der Waals surface area contributed by atoms with E-state index in [1.807, 2.05) is 0 Å². The molecule has 0 aliphatic heterocycles. The molecule has 4 aromatic rings. The first-order valence-corrected chi connectivity index (χ1v) is 23.6. The van der Waals surface area contributed by atoms with Gasteiger partial charge in [0.05, 0.1) is 0 Å². The molecule has 0 saturated heterocycles. The van der Waals surface area contributed by atoms with Crippen LogP contribution in [0.3, 0.4) is 0 Å². The molecule has 0 atom stereocenters. The van der Waals surface area contributed by atoms with Gasteiger partial charge in [-0.2, -0.15) is 0 Å². The van der Waals surface area contributed by atoms with E-state index >= 15 is 0 Å². The van der Waals surface area contributed by atoms with Gasteiger partial charge in [0.2, 0.25) is 0 Å². The molecule has 0 N–H and O–H groups in total. The summed E-state index contributed by atoms with van der Waals surface area (Å²) >= 11 is 0. The first-order chi connectivity index (χ1) is 21.5. The van der Waals surface area contributed by atoms with E-state index in [1.54, 1.807) is 21.2 Å². The standard InChI is InChI=1S/4C10H15P.2Re.8H/c4*1-3-11(4-2)10-8-6-5-7-9-10;;;;;;;;;;/h4*5-9H,3-4H2,1-2H3;;;;;;;;;;. The minimum atomic E-state index is 0. The van der Waals surface area contributed by atoms with Crippen molar-refractivity contribution in [2.75, 3.05) is 49.3 Å². The molecule has 262 valence electrons. The van der Waals surface area contributed by atoms with E-state index in [0.717, 1.165) is 0 Å². The van der Waals surface area contributed by atoms with E-state index in [2.05, 4.69) is 177 Å². The molecule has 0 fully saturated rings. The van der Waals surface area contributed by atoms with E-state index in [1.165, 1.54) is 49.3 Å². The average Bonchev–Trinajstić information content (AvgIpc) is 3.10. The second-order valence-corrected chi connectivity index (χ2v) is 21.5. The Morgan fingerprint density at radius 1 is 0.261 bits per heavy atom. The number of hydrogen-bond acceptors (Lipinski definition) is 0. The molecule has 0 aliphatic carbocycles. The fraction of sp³-hybridized carbons (Fsp3) is 0.400. The Labute approximate surface area is 317 Å². The summed E-state index contributed by atoms with van der Waals surface area (Å²) in [7, 11) is 0.595. The van der Waals surface area contributed by atoms with E-state index in [-0.39, 0.29) is 72.5 Å². The summed E-state index contributed by atoms with van der Waals surface area (Å²) in [6, 6.07) is 43.4. The predicted octanol–water partition coefficient (Wildman–Crippen LogP) is 9.19. The van der Waals surface area contributed by atoms with Gasteiger partial charge in [-0.15, -0.1) is 0 Å². The molecule has 0 aromatic heterocycles.